The summed E-state index contributed by atoms with van der Waals surface area (Å²) < 4.78 is 59.5. The van der Waals surface area contributed by atoms with Crippen molar-refractivity contribution in [1.82, 2.24) is 0 Å². The number of ketones is 1. The minimum atomic E-state index is -5.09. The fraction of sp³-hybridized carbons (Fsp3) is 0.182. The molecule has 0 fully saturated rings. The van der Waals surface area contributed by atoms with Gasteiger partial charge in [-0.3, -0.25) is 4.79 Å². The maximum atomic E-state index is 12.5. The van der Waals surface area contributed by atoms with Crippen LogP contribution in [0.4, 0.5) is 13.2 Å². The molecule has 1 aromatic rings. The fourth-order valence-corrected chi connectivity index (χ4v) is 1.95. The number of alkyl halides is 3. The molecule has 0 radical (unpaired) electrons. The number of allylic oxidation sites excluding steroid dienone is 2. The molecule has 0 bridgehead atoms. The van der Waals surface area contributed by atoms with Crippen molar-refractivity contribution in [2.75, 3.05) is 6.26 Å². The van der Waals surface area contributed by atoms with Gasteiger partial charge in [0.15, 0.2) is 20.5 Å². The van der Waals surface area contributed by atoms with Gasteiger partial charge in [0.25, 0.3) is 0 Å². The molecule has 0 N–H and O–H groups in total. The molecular weight excluding hydrogens is 269 g/mol. The molecule has 0 heterocycles. The summed E-state index contributed by atoms with van der Waals surface area (Å²) in [5.74, 6) is -1.01. The molecule has 0 saturated carbocycles. The van der Waals surface area contributed by atoms with Crippen LogP contribution in [0.1, 0.15) is 10.4 Å². The maximum absolute atomic E-state index is 12.5. The molecule has 0 aliphatic rings. The Morgan fingerprint density at radius 2 is 1.67 bits per heavy atom. The normalized spacial score (nSPS) is 13.4. The molecule has 0 aromatic heterocycles. The third-order valence-corrected chi connectivity index (χ3v) is 3.15. The molecule has 7 heteroatoms. The Labute approximate surface area is 102 Å². The summed E-state index contributed by atoms with van der Waals surface area (Å²) in [5.41, 5.74) is -0.0112. The number of rotatable bonds is 3. The molecule has 0 aliphatic heterocycles. The summed E-state index contributed by atoms with van der Waals surface area (Å²) >= 11 is 0. The third kappa shape index (κ3) is 3.69. The second-order valence-electron chi connectivity index (χ2n) is 3.51. The van der Waals surface area contributed by atoms with Crippen molar-refractivity contribution in [3.8, 4) is 0 Å². The van der Waals surface area contributed by atoms with Gasteiger partial charge in [-0.1, -0.05) is 30.3 Å². The molecule has 3 nitrogen and oxygen atoms in total. The molecule has 1 aromatic carbocycles. The quantitative estimate of drug-likeness (QED) is 0.630. The Kier molecular flexibility index (Phi) is 3.95. The Morgan fingerprint density at radius 1 is 1.17 bits per heavy atom. The van der Waals surface area contributed by atoms with Gasteiger partial charge >= 0.3 is 6.18 Å². The smallest absolute Gasteiger partial charge is 0.289 e. The summed E-state index contributed by atoms with van der Waals surface area (Å²) in [6.07, 6.45) is -4.58. The molecule has 0 spiro atoms. The van der Waals surface area contributed by atoms with Crippen molar-refractivity contribution >= 4 is 15.6 Å². The van der Waals surface area contributed by atoms with Crippen LogP contribution in [-0.2, 0) is 9.84 Å². The summed E-state index contributed by atoms with van der Waals surface area (Å²) in [5, 5.41) is 0. The molecule has 0 aliphatic carbocycles. The first-order chi connectivity index (χ1) is 8.12. The molecule has 0 unspecified atom stereocenters. The maximum Gasteiger partial charge on any atom is 0.427 e. The zero-order chi connectivity index (χ0) is 14.0. The highest BCUT2D eigenvalue weighted by Crippen LogP contribution is 2.29. The monoisotopic (exact) mass is 278 g/mol. The molecule has 18 heavy (non-hydrogen) atoms. The fourth-order valence-electron chi connectivity index (χ4n) is 1.20. The lowest BCUT2D eigenvalue weighted by Crippen LogP contribution is -2.20. The van der Waals surface area contributed by atoms with E-state index in [0.717, 1.165) is 0 Å². The molecular formula is C11H9F3O3S. The Morgan fingerprint density at radius 3 is 2.06 bits per heavy atom. The minimum absolute atomic E-state index is 0.0112. The average molecular weight is 278 g/mol. The zero-order valence-electron chi connectivity index (χ0n) is 9.23. The topological polar surface area (TPSA) is 51.2 Å². The van der Waals surface area contributed by atoms with Crippen molar-refractivity contribution in [1.29, 1.82) is 0 Å². The van der Waals surface area contributed by atoms with Crippen LogP contribution in [0.2, 0.25) is 0 Å². The van der Waals surface area contributed by atoms with E-state index in [-0.39, 0.29) is 11.6 Å². The van der Waals surface area contributed by atoms with Crippen molar-refractivity contribution < 1.29 is 26.4 Å². The minimum Gasteiger partial charge on any atom is -0.289 e. The van der Waals surface area contributed by atoms with Crippen LogP contribution in [0, 0.1) is 0 Å². The number of carbonyl (C=O) groups excluding carboxylic acids is 1. The van der Waals surface area contributed by atoms with E-state index in [2.05, 4.69) is 0 Å². The van der Waals surface area contributed by atoms with Gasteiger partial charge in [-0.2, -0.15) is 13.2 Å². The highest BCUT2D eigenvalue weighted by molar-refractivity contribution is 7.94. The van der Waals surface area contributed by atoms with Crippen LogP contribution in [0.5, 0.6) is 0 Å². The molecule has 0 amide bonds. The van der Waals surface area contributed by atoms with Crippen LogP contribution in [-0.4, -0.2) is 26.6 Å². The Balaban J connectivity index is 3.25. The van der Waals surface area contributed by atoms with E-state index in [0.29, 0.717) is 6.26 Å². The van der Waals surface area contributed by atoms with E-state index in [1.165, 1.54) is 24.3 Å². The van der Waals surface area contributed by atoms with Crippen LogP contribution in [0.15, 0.2) is 41.3 Å². The van der Waals surface area contributed by atoms with Crippen molar-refractivity contribution in [2.24, 2.45) is 0 Å². The van der Waals surface area contributed by atoms with Gasteiger partial charge in [-0.25, -0.2) is 8.42 Å². The summed E-state index contributed by atoms with van der Waals surface area (Å²) in [7, 11) is -4.51. The van der Waals surface area contributed by atoms with E-state index >= 15 is 0 Å². The largest absolute Gasteiger partial charge is 0.427 e. The standard InChI is InChI=1S/C11H9F3O3S/c1-18(16,17)10(11(12,13)14)7-9(15)8-5-3-2-4-6-8/h2-7H,1H3/b10-7-. The van der Waals surface area contributed by atoms with Gasteiger partial charge < -0.3 is 0 Å². The predicted octanol–water partition coefficient (Wildman–Crippen LogP) is 2.36. The van der Waals surface area contributed by atoms with Gasteiger partial charge in [0.2, 0.25) is 0 Å². The lowest BCUT2D eigenvalue weighted by atomic mass is 10.1. The zero-order valence-corrected chi connectivity index (χ0v) is 10.0. The summed E-state index contributed by atoms with van der Waals surface area (Å²) in [6, 6.07) is 7.12. The average Bonchev–Trinajstić information content (AvgIpc) is 2.23. The highest BCUT2D eigenvalue weighted by Gasteiger charge is 2.41. The van der Waals surface area contributed by atoms with E-state index in [1.807, 2.05) is 0 Å². The van der Waals surface area contributed by atoms with Gasteiger partial charge in [0, 0.05) is 17.9 Å². The highest BCUT2D eigenvalue weighted by atomic mass is 32.2. The Hall–Kier alpha value is -1.63. The summed E-state index contributed by atoms with van der Waals surface area (Å²) in [6.45, 7) is 0. The van der Waals surface area contributed by atoms with Crippen LogP contribution in [0.3, 0.4) is 0 Å². The Bertz CT molecular complexity index is 571. The number of carbonyl (C=O) groups is 1. The van der Waals surface area contributed by atoms with Crippen LogP contribution in [0.25, 0.3) is 0 Å². The second kappa shape index (κ2) is 4.93. The number of sulfone groups is 1. The number of halogens is 3. The van der Waals surface area contributed by atoms with Gasteiger partial charge in [0.1, 0.15) is 0 Å². The SMILES string of the molecule is CS(=O)(=O)/C(=C\C(=O)c1ccccc1)C(F)(F)F. The molecule has 98 valence electrons. The van der Waals surface area contributed by atoms with Crippen molar-refractivity contribution in [3.63, 3.8) is 0 Å². The first kappa shape index (κ1) is 14.4. The van der Waals surface area contributed by atoms with E-state index in [1.54, 1.807) is 6.07 Å². The lowest BCUT2D eigenvalue weighted by molar-refractivity contribution is -0.0844. The third-order valence-electron chi connectivity index (χ3n) is 2.00. The number of hydrogen-bond donors (Lipinski definition) is 0. The summed E-state index contributed by atoms with van der Waals surface area (Å²) in [4.78, 5) is 9.66. The first-order valence-corrected chi connectivity index (χ1v) is 6.60. The number of benzene rings is 1. The predicted molar refractivity (Wildman–Crippen MR) is 59.8 cm³/mol. The van der Waals surface area contributed by atoms with Crippen molar-refractivity contribution in [3.05, 3.63) is 46.9 Å². The number of hydrogen-bond acceptors (Lipinski definition) is 3. The first-order valence-electron chi connectivity index (χ1n) is 4.70. The molecule has 0 atom stereocenters. The van der Waals surface area contributed by atoms with Gasteiger partial charge in [0.05, 0.1) is 0 Å². The van der Waals surface area contributed by atoms with E-state index < -0.39 is 26.7 Å². The van der Waals surface area contributed by atoms with Gasteiger partial charge in [-0.05, 0) is 0 Å². The van der Waals surface area contributed by atoms with Crippen molar-refractivity contribution in [2.45, 2.75) is 6.18 Å². The van der Waals surface area contributed by atoms with E-state index in [4.69, 9.17) is 0 Å². The van der Waals surface area contributed by atoms with E-state index in [9.17, 15) is 26.4 Å². The van der Waals surface area contributed by atoms with Gasteiger partial charge in [-0.15, -0.1) is 0 Å². The van der Waals surface area contributed by atoms with Crippen LogP contribution < -0.4 is 0 Å². The molecule has 1 rings (SSSR count). The lowest BCUT2D eigenvalue weighted by Gasteiger charge is -2.09. The van der Waals surface area contributed by atoms with Crippen LogP contribution >= 0.6 is 0 Å². The second-order valence-corrected chi connectivity index (χ2v) is 5.49. The molecule has 0 saturated heterocycles.